The van der Waals surface area contributed by atoms with E-state index in [1.54, 1.807) is 0 Å². The Hall–Kier alpha value is -0.0400. The highest BCUT2D eigenvalue weighted by Gasteiger charge is 2.25. The molecule has 1 atom stereocenters. The summed E-state index contributed by atoms with van der Waals surface area (Å²) in [6.07, 6.45) is 11.5. The molecular formula is C14H28O. The summed E-state index contributed by atoms with van der Waals surface area (Å²) in [6.45, 7) is 4.44. The van der Waals surface area contributed by atoms with Crippen LogP contribution in [0.4, 0.5) is 0 Å². The van der Waals surface area contributed by atoms with Crippen LogP contribution in [0.15, 0.2) is 0 Å². The van der Waals surface area contributed by atoms with Crippen molar-refractivity contribution < 1.29 is 5.11 Å². The van der Waals surface area contributed by atoms with Crippen LogP contribution in [0.3, 0.4) is 0 Å². The van der Waals surface area contributed by atoms with Crippen LogP contribution in [0.2, 0.25) is 0 Å². The van der Waals surface area contributed by atoms with Gasteiger partial charge in [-0.2, -0.15) is 0 Å². The Bertz CT molecular complexity index is 147. The summed E-state index contributed by atoms with van der Waals surface area (Å²) in [5.74, 6) is 1.58. The smallest absolute Gasteiger partial charge is 0.0568 e. The maximum Gasteiger partial charge on any atom is 0.0568 e. The van der Waals surface area contributed by atoms with Crippen LogP contribution < -0.4 is 0 Å². The van der Waals surface area contributed by atoms with Crippen molar-refractivity contribution in [3.63, 3.8) is 0 Å². The lowest BCUT2D eigenvalue weighted by Gasteiger charge is -2.31. The summed E-state index contributed by atoms with van der Waals surface area (Å²) in [5.41, 5.74) is 0. The third-order valence-electron chi connectivity index (χ3n) is 3.99. The van der Waals surface area contributed by atoms with E-state index in [-0.39, 0.29) is 6.10 Å². The Kier molecular flexibility index (Phi) is 6.31. The summed E-state index contributed by atoms with van der Waals surface area (Å²) < 4.78 is 0. The molecule has 1 aliphatic rings. The van der Waals surface area contributed by atoms with Crippen LogP contribution >= 0.6 is 0 Å². The van der Waals surface area contributed by atoms with Crippen LogP contribution in [0.5, 0.6) is 0 Å². The molecule has 0 heterocycles. The Labute approximate surface area is 95.3 Å². The van der Waals surface area contributed by atoms with Crippen LogP contribution in [0.1, 0.15) is 71.6 Å². The largest absolute Gasteiger partial charge is 0.393 e. The molecule has 1 N–H and O–H groups in total. The molecule has 0 aromatic carbocycles. The Balaban J connectivity index is 2.17. The van der Waals surface area contributed by atoms with E-state index < -0.39 is 0 Å². The average Bonchev–Trinajstić information content (AvgIpc) is 2.27. The van der Waals surface area contributed by atoms with E-state index in [1.807, 2.05) is 0 Å². The molecule has 0 bridgehead atoms. The van der Waals surface area contributed by atoms with Gasteiger partial charge in [-0.1, -0.05) is 52.4 Å². The number of unbranched alkanes of at least 4 members (excludes halogenated alkanes) is 1. The number of rotatable bonds is 6. The summed E-state index contributed by atoms with van der Waals surface area (Å²) in [5, 5.41) is 9.94. The van der Waals surface area contributed by atoms with Crippen LogP contribution in [0.25, 0.3) is 0 Å². The van der Waals surface area contributed by atoms with Gasteiger partial charge in [-0.3, -0.25) is 0 Å². The topological polar surface area (TPSA) is 20.2 Å². The molecule has 0 amide bonds. The Morgan fingerprint density at radius 1 is 1.07 bits per heavy atom. The lowest BCUT2D eigenvalue weighted by atomic mass is 9.77. The predicted molar refractivity (Wildman–Crippen MR) is 65.9 cm³/mol. The first kappa shape index (κ1) is 13.0. The molecule has 0 aromatic rings. The van der Waals surface area contributed by atoms with Crippen molar-refractivity contribution in [3.05, 3.63) is 0 Å². The second kappa shape index (κ2) is 7.27. The fraction of sp³-hybridized carbons (Fsp3) is 1.00. The van der Waals surface area contributed by atoms with Gasteiger partial charge in [-0.05, 0) is 31.1 Å². The zero-order valence-corrected chi connectivity index (χ0v) is 10.5. The van der Waals surface area contributed by atoms with Crippen molar-refractivity contribution in [1.82, 2.24) is 0 Å². The van der Waals surface area contributed by atoms with E-state index in [9.17, 15) is 5.11 Å². The highest BCUT2D eigenvalue weighted by Crippen LogP contribution is 2.34. The molecule has 1 fully saturated rings. The second-order valence-corrected chi connectivity index (χ2v) is 5.28. The summed E-state index contributed by atoms with van der Waals surface area (Å²) in [6, 6.07) is 0. The molecule has 0 saturated heterocycles. The summed E-state index contributed by atoms with van der Waals surface area (Å²) in [7, 11) is 0. The third-order valence-corrected chi connectivity index (χ3v) is 3.99. The van der Waals surface area contributed by atoms with E-state index >= 15 is 0 Å². The van der Waals surface area contributed by atoms with Crippen molar-refractivity contribution in [2.24, 2.45) is 11.8 Å². The Morgan fingerprint density at radius 2 is 1.73 bits per heavy atom. The van der Waals surface area contributed by atoms with Crippen molar-refractivity contribution in [2.45, 2.75) is 77.7 Å². The maximum absolute atomic E-state index is 9.94. The minimum absolute atomic E-state index is 0.0119. The van der Waals surface area contributed by atoms with Gasteiger partial charge in [0.05, 0.1) is 6.10 Å². The van der Waals surface area contributed by atoms with Gasteiger partial charge in [0.25, 0.3) is 0 Å². The number of aliphatic hydroxyl groups excluding tert-OH is 1. The molecule has 90 valence electrons. The van der Waals surface area contributed by atoms with Crippen LogP contribution in [-0.2, 0) is 0 Å². The number of hydrogen-bond donors (Lipinski definition) is 1. The first-order valence-electron chi connectivity index (χ1n) is 6.96. The van der Waals surface area contributed by atoms with Crippen molar-refractivity contribution >= 4 is 0 Å². The molecule has 0 aromatic heterocycles. The van der Waals surface area contributed by atoms with E-state index in [0.717, 1.165) is 18.8 Å². The lowest BCUT2D eigenvalue weighted by Crippen LogP contribution is -2.25. The van der Waals surface area contributed by atoms with E-state index in [0.29, 0.717) is 5.92 Å². The molecule has 0 spiro atoms. The summed E-state index contributed by atoms with van der Waals surface area (Å²) >= 11 is 0. The second-order valence-electron chi connectivity index (χ2n) is 5.28. The van der Waals surface area contributed by atoms with Crippen molar-refractivity contribution in [1.29, 1.82) is 0 Å². The van der Waals surface area contributed by atoms with Gasteiger partial charge in [0, 0.05) is 0 Å². The molecule has 0 radical (unpaired) electrons. The van der Waals surface area contributed by atoms with Gasteiger partial charge in [0.1, 0.15) is 0 Å². The Morgan fingerprint density at radius 3 is 2.27 bits per heavy atom. The maximum atomic E-state index is 9.94. The van der Waals surface area contributed by atoms with Gasteiger partial charge >= 0.3 is 0 Å². The minimum Gasteiger partial charge on any atom is -0.393 e. The standard InChI is InChI=1S/C14H28O/c1-3-5-7-12-8-10-13(11-9-12)14(15)6-4-2/h12-15H,3-11H2,1-2H3. The molecule has 0 aliphatic heterocycles. The summed E-state index contributed by atoms with van der Waals surface area (Å²) in [4.78, 5) is 0. The van der Waals surface area contributed by atoms with Crippen molar-refractivity contribution in [3.8, 4) is 0 Å². The highest BCUT2D eigenvalue weighted by molar-refractivity contribution is 4.77. The fourth-order valence-corrected chi connectivity index (χ4v) is 2.89. The normalized spacial score (nSPS) is 29.0. The minimum atomic E-state index is -0.0119. The predicted octanol–water partition coefficient (Wildman–Crippen LogP) is 4.14. The van der Waals surface area contributed by atoms with Gasteiger partial charge in [-0.15, -0.1) is 0 Å². The average molecular weight is 212 g/mol. The monoisotopic (exact) mass is 212 g/mol. The third kappa shape index (κ3) is 4.55. The molecule has 1 rings (SSSR count). The van der Waals surface area contributed by atoms with E-state index in [1.165, 1.54) is 44.9 Å². The zero-order valence-electron chi connectivity index (χ0n) is 10.5. The molecule has 1 nitrogen and oxygen atoms in total. The van der Waals surface area contributed by atoms with Gasteiger partial charge in [0.2, 0.25) is 0 Å². The van der Waals surface area contributed by atoms with Crippen molar-refractivity contribution in [2.75, 3.05) is 0 Å². The molecule has 1 saturated carbocycles. The molecule has 1 heteroatoms. The van der Waals surface area contributed by atoms with Crippen LogP contribution in [0, 0.1) is 11.8 Å². The van der Waals surface area contributed by atoms with Crippen LogP contribution in [-0.4, -0.2) is 11.2 Å². The van der Waals surface area contributed by atoms with Gasteiger partial charge < -0.3 is 5.11 Å². The highest BCUT2D eigenvalue weighted by atomic mass is 16.3. The first-order valence-corrected chi connectivity index (χ1v) is 6.96. The quantitative estimate of drug-likeness (QED) is 0.701. The molecule has 1 unspecified atom stereocenters. The lowest BCUT2D eigenvalue weighted by molar-refractivity contribution is 0.0650. The zero-order chi connectivity index (χ0) is 11.1. The molecular weight excluding hydrogens is 184 g/mol. The van der Waals surface area contributed by atoms with Gasteiger partial charge in [-0.25, -0.2) is 0 Å². The van der Waals surface area contributed by atoms with E-state index in [2.05, 4.69) is 13.8 Å². The molecule has 1 aliphatic carbocycles. The SMILES string of the molecule is CCCCC1CCC(C(O)CCC)CC1. The molecule has 15 heavy (non-hydrogen) atoms. The number of aliphatic hydroxyl groups is 1. The fourth-order valence-electron chi connectivity index (χ4n) is 2.89. The number of hydrogen-bond acceptors (Lipinski definition) is 1. The van der Waals surface area contributed by atoms with Gasteiger partial charge in [0.15, 0.2) is 0 Å². The van der Waals surface area contributed by atoms with E-state index in [4.69, 9.17) is 0 Å². The first-order chi connectivity index (χ1) is 7.27.